The molecule has 7 nitrogen and oxygen atoms in total. The zero-order chi connectivity index (χ0) is 25.4. The third kappa shape index (κ3) is 4.53. The summed E-state index contributed by atoms with van der Waals surface area (Å²) in [6.07, 6.45) is 3.06. The van der Waals surface area contributed by atoms with E-state index in [1.54, 1.807) is 4.57 Å². The van der Waals surface area contributed by atoms with Crippen LogP contribution in [0.1, 0.15) is 41.1 Å². The van der Waals surface area contributed by atoms with Gasteiger partial charge in [-0.3, -0.25) is 18.6 Å². The molecule has 2 aromatic heterocycles. The molecule has 3 aromatic carbocycles. The molecule has 0 saturated heterocycles. The molecule has 0 saturated carbocycles. The molecule has 0 spiro atoms. The van der Waals surface area contributed by atoms with Gasteiger partial charge in [0.25, 0.3) is 5.56 Å². The third-order valence-corrected chi connectivity index (χ3v) is 7.91. The minimum absolute atomic E-state index is 0.0358. The van der Waals surface area contributed by atoms with Crippen LogP contribution in [0.2, 0.25) is 0 Å². The predicted octanol–water partition coefficient (Wildman–Crippen LogP) is 4.69. The standard InChI is InChI=1S/C29H27N5O2S/c1-19-13-15-20(16-14-19)17-33-27(36)23-10-4-5-12-25(23)34-28(33)31-32-29(34)37-18-26(35)30-24-11-6-8-21-7-2-3-9-22(21)24/h2-5,7,9-10,12-16,24H,6,8,11,17-18H2,1H3,(H,30,35)/t24-/m1/s1. The molecule has 0 bridgehead atoms. The fourth-order valence-electron chi connectivity index (χ4n) is 5.12. The summed E-state index contributed by atoms with van der Waals surface area (Å²) in [5.41, 5.74) is 5.32. The number of nitrogens with zero attached hydrogens (tertiary/aromatic N) is 4. The van der Waals surface area contributed by atoms with Crippen molar-refractivity contribution in [1.82, 2.24) is 24.5 Å². The van der Waals surface area contributed by atoms with Crippen LogP contribution in [0.25, 0.3) is 16.7 Å². The molecule has 1 N–H and O–H groups in total. The summed E-state index contributed by atoms with van der Waals surface area (Å²) in [5.74, 6) is 0.638. The molecule has 0 fully saturated rings. The fourth-order valence-corrected chi connectivity index (χ4v) is 5.87. The Morgan fingerprint density at radius 2 is 1.81 bits per heavy atom. The number of aromatic nitrogens is 4. The van der Waals surface area contributed by atoms with Gasteiger partial charge in [0.2, 0.25) is 11.7 Å². The first-order valence-corrected chi connectivity index (χ1v) is 13.5. The first-order valence-electron chi connectivity index (χ1n) is 12.5. The van der Waals surface area contributed by atoms with Crippen LogP contribution in [0, 0.1) is 6.92 Å². The molecule has 0 aliphatic heterocycles. The summed E-state index contributed by atoms with van der Waals surface area (Å²) in [4.78, 5) is 26.4. The van der Waals surface area contributed by atoms with Crippen LogP contribution in [0.4, 0.5) is 0 Å². The Morgan fingerprint density at radius 1 is 1.03 bits per heavy atom. The topological polar surface area (TPSA) is 81.3 Å². The molecule has 186 valence electrons. The van der Waals surface area contributed by atoms with Crippen molar-refractivity contribution in [2.75, 3.05) is 5.75 Å². The zero-order valence-corrected chi connectivity index (χ0v) is 21.4. The number of para-hydroxylation sites is 1. The second kappa shape index (κ2) is 9.86. The highest BCUT2D eigenvalue weighted by molar-refractivity contribution is 7.99. The summed E-state index contributed by atoms with van der Waals surface area (Å²) in [7, 11) is 0. The minimum Gasteiger partial charge on any atom is -0.349 e. The lowest BCUT2D eigenvalue weighted by atomic mass is 9.88. The Kier molecular flexibility index (Phi) is 6.26. The number of benzene rings is 3. The van der Waals surface area contributed by atoms with Crippen molar-refractivity contribution in [2.45, 2.75) is 43.9 Å². The van der Waals surface area contributed by atoms with E-state index < -0.39 is 0 Å². The van der Waals surface area contributed by atoms with E-state index in [9.17, 15) is 9.59 Å². The average molecular weight is 510 g/mol. The largest absolute Gasteiger partial charge is 0.349 e. The first kappa shape index (κ1) is 23.5. The number of hydrogen-bond acceptors (Lipinski definition) is 5. The van der Waals surface area contributed by atoms with E-state index in [0.717, 1.165) is 35.9 Å². The van der Waals surface area contributed by atoms with E-state index in [2.05, 4.69) is 33.7 Å². The SMILES string of the molecule is Cc1ccc(Cn2c(=O)c3ccccc3n3c(SCC(=O)N[C@@H]4CCCc5ccccc54)nnc23)cc1. The summed E-state index contributed by atoms with van der Waals surface area (Å²) in [5, 5.41) is 13.2. The molecule has 2 heterocycles. The highest BCUT2D eigenvalue weighted by Crippen LogP contribution is 2.30. The van der Waals surface area contributed by atoms with Gasteiger partial charge in [0.15, 0.2) is 5.16 Å². The second-order valence-electron chi connectivity index (χ2n) is 9.51. The van der Waals surface area contributed by atoms with Crippen LogP contribution in [0.5, 0.6) is 0 Å². The number of fused-ring (bicyclic) bond motifs is 4. The quantitative estimate of drug-likeness (QED) is 0.336. The normalized spacial score (nSPS) is 15.1. The molecule has 6 rings (SSSR count). The van der Waals surface area contributed by atoms with Crippen molar-refractivity contribution in [3.63, 3.8) is 0 Å². The smallest absolute Gasteiger partial charge is 0.263 e. The molecule has 8 heteroatoms. The van der Waals surface area contributed by atoms with Gasteiger partial charge in [-0.2, -0.15) is 0 Å². The lowest BCUT2D eigenvalue weighted by Crippen LogP contribution is -2.32. The summed E-state index contributed by atoms with van der Waals surface area (Å²) in [6.45, 7) is 2.42. The fraction of sp³-hybridized carbons (Fsp3) is 0.241. The van der Waals surface area contributed by atoms with Crippen molar-refractivity contribution in [3.05, 3.63) is 105 Å². The van der Waals surface area contributed by atoms with E-state index >= 15 is 0 Å². The predicted molar refractivity (Wildman–Crippen MR) is 146 cm³/mol. The van der Waals surface area contributed by atoms with E-state index in [1.165, 1.54) is 22.9 Å². The zero-order valence-electron chi connectivity index (χ0n) is 20.6. The Balaban J connectivity index is 1.29. The van der Waals surface area contributed by atoms with Crippen LogP contribution in [0.3, 0.4) is 0 Å². The van der Waals surface area contributed by atoms with E-state index in [4.69, 9.17) is 0 Å². The highest BCUT2D eigenvalue weighted by atomic mass is 32.2. The van der Waals surface area contributed by atoms with Crippen LogP contribution < -0.4 is 10.9 Å². The minimum atomic E-state index is -0.110. The molecule has 1 aliphatic rings. The summed E-state index contributed by atoms with van der Waals surface area (Å²) in [6, 6.07) is 24.0. The van der Waals surface area contributed by atoms with Crippen molar-refractivity contribution in [1.29, 1.82) is 0 Å². The molecule has 5 aromatic rings. The number of aryl methyl sites for hydroxylation is 2. The number of nitrogens with one attached hydrogen (secondary N) is 1. The lowest BCUT2D eigenvalue weighted by Gasteiger charge is -2.26. The third-order valence-electron chi connectivity index (χ3n) is 6.98. The van der Waals surface area contributed by atoms with Gasteiger partial charge in [-0.25, -0.2) is 0 Å². The molecule has 1 atom stereocenters. The number of hydrogen-bond donors (Lipinski definition) is 1. The molecule has 0 unspecified atom stereocenters. The Bertz CT molecular complexity index is 1670. The van der Waals surface area contributed by atoms with Gasteiger partial charge in [-0.05, 0) is 55.0 Å². The van der Waals surface area contributed by atoms with Crippen LogP contribution >= 0.6 is 11.8 Å². The van der Waals surface area contributed by atoms with Crippen LogP contribution in [0.15, 0.2) is 82.7 Å². The molecule has 1 amide bonds. The van der Waals surface area contributed by atoms with Crippen molar-refractivity contribution in [3.8, 4) is 0 Å². The van der Waals surface area contributed by atoms with Crippen LogP contribution in [-0.2, 0) is 17.8 Å². The maximum absolute atomic E-state index is 13.4. The summed E-state index contributed by atoms with van der Waals surface area (Å²) >= 11 is 1.33. The average Bonchev–Trinajstić information content (AvgIpc) is 3.35. The number of rotatable bonds is 6. The Labute approximate surface area is 218 Å². The number of amides is 1. The first-order chi connectivity index (χ1) is 18.1. The highest BCUT2D eigenvalue weighted by Gasteiger charge is 2.22. The molecular weight excluding hydrogens is 482 g/mol. The lowest BCUT2D eigenvalue weighted by molar-refractivity contribution is -0.119. The van der Waals surface area contributed by atoms with Gasteiger partial charge in [-0.15, -0.1) is 10.2 Å². The van der Waals surface area contributed by atoms with Gasteiger partial charge >= 0.3 is 0 Å². The van der Waals surface area contributed by atoms with Gasteiger partial charge in [0.05, 0.1) is 29.2 Å². The van der Waals surface area contributed by atoms with E-state index in [-0.39, 0.29) is 23.3 Å². The van der Waals surface area contributed by atoms with Crippen molar-refractivity contribution in [2.24, 2.45) is 0 Å². The van der Waals surface area contributed by atoms with Crippen molar-refractivity contribution < 1.29 is 4.79 Å². The van der Waals surface area contributed by atoms with Gasteiger partial charge in [0, 0.05) is 0 Å². The number of carbonyl (C=O) groups is 1. The van der Waals surface area contributed by atoms with Gasteiger partial charge < -0.3 is 5.32 Å². The molecule has 0 radical (unpaired) electrons. The monoisotopic (exact) mass is 509 g/mol. The molecule has 1 aliphatic carbocycles. The molecule has 37 heavy (non-hydrogen) atoms. The van der Waals surface area contributed by atoms with E-state index in [1.807, 2.05) is 65.9 Å². The van der Waals surface area contributed by atoms with Gasteiger partial charge in [-0.1, -0.05) is 78.0 Å². The van der Waals surface area contributed by atoms with E-state index in [0.29, 0.717) is 22.9 Å². The van der Waals surface area contributed by atoms with Crippen molar-refractivity contribution >= 4 is 34.3 Å². The maximum Gasteiger partial charge on any atom is 0.263 e. The number of thioether (sulfide) groups is 1. The van der Waals surface area contributed by atoms with Crippen LogP contribution in [-0.4, -0.2) is 30.8 Å². The summed E-state index contributed by atoms with van der Waals surface area (Å²) < 4.78 is 3.54. The number of carbonyl (C=O) groups excluding carboxylic acids is 1. The maximum atomic E-state index is 13.4. The Morgan fingerprint density at radius 3 is 2.68 bits per heavy atom. The second-order valence-corrected chi connectivity index (χ2v) is 10.5. The Hall–Kier alpha value is -3.91. The molecular formula is C29H27N5O2S. The van der Waals surface area contributed by atoms with Gasteiger partial charge in [0.1, 0.15) is 0 Å².